The van der Waals surface area contributed by atoms with E-state index in [2.05, 4.69) is 255 Å². The molecule has 0 bridgehead atoms. The summed E-state index contributed by atoms with van der Waals surface area (Å²) < 4.78 is 0. The van der Waals surface area contributed by atoms with Crippen molar-refractivity contribution >= 4 is 27.8 Å². The van der Waals surface area contributed by atoms with Crippen molar-refractivity contribution in [3.63, 3.8) is 0 Å². The Bertz CT molecular complexity index is 3240. The Hall–Kier alpha value is -7.74. The summed E-state index contributed by atoms with van der Waals surface area (Å²) in [5.74, 6) is 0. The van der Waals surface area contributed by atoms with Gasteiger partial charge in [-0.1, -0.05) is 214 Å². The number of anilines is 3. The van der Waals surface area contributed by atoms with Gasteiger partial charge in [0, 0.05) is 22.4 Å². The fourth-order valence-corrected chi connectivity index (χ4v) is 9.84. The average Bonchev–Trinajstić information content (AvgIpc) is 3.57. The Morgan fingerprint density at radius 3 is 1.61 bits per heavy atom. The Morgan fingerprint density at radius 2 is 0.823 bits per heavy atom. The van der Waals surface area contributed by atoms with E-state index in [-0.39, 0.29) is 5.41 Å². The van der Waals surface area contributed by atoms with Crippen LogP contribution in [0.15, 0.2) is 237 Å². The quantitative estimate of drug-likeness (QED) is 0.148. The van der Waals surface area contributed by atoms with Gasteiger partial charge in [0.1, 0.15) is 0 Å². The zero-order valence-corrected chi connectivity index (χ0v) is 35.0. The van der Waals surface area contributed by atoms with Crippen LogP contribution in [0.3, 0.4) is 0 Å². The lowest BCUT2D eigenvalue weighted by molar-refractivity contribution is 0.660. The molecule has 1 heteroatoms. The van der Waals surface area contributed by atoms with Gasteiger partial charge in [-0.2, -0.15) is 0 Å². The van der Waals surface area contributed by atoms with Gasteiger partial charge in [-0.05, 0) is 119 Å². The van der Waals surface area contributed by atoms with Gasteiger partial charge in [-0.3, -0.25) is 0 Å². The molecule has 11 rings (SSSR count). The maximum Gasteiger partial charge on any atom is 0.0546 e. The van der Waals surface area contributed by atoms with Crippen LogP contribution in [-0.2, 0) is 5.41 Å². The van der Waals surface area contributed by atoms with Crippen molar-refractivity contribution in [1.82, 2.24) is 0 Å². The molecule has 0 radical (unpaired) electrons. The molecule has 294 valence electrons. The number of hydrogen-bond acceptors (Lipinski definition) is 1. The van der Waals surface area contributed by atoms with Crippen molar-refractivity contribution in [2.24, 2.45) is 0 Å². The third-order valence-corrected chi connectivity index (χ3v) is 12.9. The molecule has 0 N–H and O–H groups in total. The highest BCUT2D eigenvalue weighted by Crippen LogP contribution is 2.51. The third-order valence-electron chi connectivity index (χ3n) is 12.9. The van der Waals surface area contributed by atoms with E-state index < -0.39 is 0 Å². The van der Waals surface area contributed by atoms with Gasteiger partial charge in [0.25, 0.3) is 0 Å². The molecule has 0 amide bonds. The first-order chi connectivity index (χ1) is 30.5. The van der Waals surface area contributed by atoms with Crippen molar-refractivity contribution < 1.29 is 0 Å². The normalized spacial score (nSPS) is 12.5. The van der Waals surface area contributed by atoms with Gasteiger partial charge in [0.15, 0.2) is 0 Å². The van der Waals surface area contributed by atoms with Crippen molar-refractivity contribution in [1.29, 1.82) is 0 Å². The van der Waals surface area contributed by atoms with Crippen molar-refractivity contribution in [2.75, 3.05) is 4.90 Å². The summed E-state index contributed by atoms with van der Waals surface area (Å²) in [6.45, 7) is 4.71. The molecule has 10 aromatic carbocycles. The van der Waals surface area contributed by atoms with Crippen LogP contribution in [0, 0.1) is 0 Å². The molecule has 0 aliphatic heterocycles. The van der Waals surface area contributed by atoms with Gasteiger partial charge in [-0.15, -0.1) is 0 Å². The Kier molecular flexibility index (Phi) is 9.24. The molecule has 1 nitrogen and oxygen atoms in total. The Balaban J connectivity index is 1.13. The minimum Gasteiger partial charge on any atom is -0.310 e. The molecular formula is C61H45N. The van der Waals surface area contributed by atoms with Crippen LogP contribution in [-0.4, -0.2) is 0 Å². The number of fused-ring (bicyclic) bond motifs is 4. The molecule has 0 saturated heterocycles. The molecule has 0 aromatic heterocycles. The minimum absolute atomic E-state index is 0.0870. The molecule has 1 aliphatic carbocycles. The van der Waals surface area contributed by atoms with E-state index in [1.165, 1.54) is 88.7 Å². The monoisotopic (exact) mass is 791 g/mol. The summed E-state index contributed by atoms with van der Waals surface area (Å²) >= 11 is 0. The lowest BCUT2D eigenvalue weighted by atomic mass is 9.81. The van der Waals surface area contributed by atoms with E-state index >= 15 is 0 Å². The number of rotatable bonds is 8. The first kappa shape index (κ1) is 37.3. The van der Waals surface area contributed by atoms with E-state index in [9.17, 15) is 0 Å². The second-order valence-electron chi connectivity index (χ2n) is 16.9. The predicted molar refractivity (Wildman–Crippen MR) is 263 cm³/mol. The number of nitrogens with zero attached hydrogens (tertiary/aromatic N) is 1. The van der Waals surface area contributed by atoms with Gasteiger partial charge in [0.05, 0.1) is 5.69 Å². The summed E-state index contributed by atoms with van der Waals surface area (Å²) in [6, 6.07) is 86.7. The minimum atomic E-state index is -0.0870. The first-order valence-corrected chi connectivity index (χ1v) is 21.6. The zero-order valence-electron chi connectivity index (χ0n) is 35.0. The topological polar surface area (TPSA) is 3.24 Å². The van der Waals surface area contributed by atoms with Gasteiger partial charge in [0.2, 0.25) is 0 Å². The first-order valence-electron chi connectivity index (χ1n) is 21.6. The smallest absolute Gasteiger partial charge is 0.0546 e. The second-order valence-corrected chi connectivity index (χ2v) is 16.9. The molecule has 1 aliphatic rings. The zero-order chi connectivity index (χ0) is 41.6. The highest BCUT2D eigenvalue weighted by Gasteiger charge is 2.35. The highest BCUT2D eigenvalue weighted by atomic mass is 15.1. The standard InChI is InChI=1S/C61H45N/c1-61(2)57-32-14-13-28-54(57)55-39-36-47(41-58(55)61)46-24-15-25-49(40-46)62(48-37-34-45(35-38-48)51-30-16-23-43-22-9-10-26-50(43)51)59-33-17-31-53(44-20-7-4-8-21-44)60(59)56-29-12-11-27-52(56)42-18-5-3-6-19-42/h3-41H,1-2H3. The summed E-state index contributed by atoms with van der Waals surface area (Å²) in [7, 11) is 0. The van der Waals surface area contributed by atoms with E-state index in [0.717, 1.165) is 17.1 Å². The SMILES string of the molecule is CC1(C)c2ccccc2-c2ccc(-c3cccc(N(c4ccc(-c5cccc6ccccc56)cc4)c4cccc(-c5ccccc5)c4-c4ccccc4-c4ccccc4)c3)cc21. The van der Waals surface area contributed by atoms with Crippen molar-refractivity contribution in [2.45, 2.75) is 19.3 Å². The van der Waals surface area contributed by atoms with Gasteiger partial charge in [-0.25, -0.2) is 0 Å². The maximum absolute atomic E-state index is 2.47. The fourth-order valence-electron chi connectivity index (χ4n) is 9.84. The lowest BCUT2D eigenvalue weighted by Gasteiger charge is -2.30. The number of benzene rings is 10. The molecule has 62 heavy (non-hydrogen) atoms. The van der Waals surface area contributed by atoms with Gasteiger partial charge < -0.3 is 4.90 Å². The van der Waals surface area contributed by atoms with Crippen molar-refractivity contribution in [3.8, 4) is 66.8 Å². The highest BCUT2D eigenvalue weighted by molar-refractivity contribution is 6.02. The summed E-state index contributed by atoms with van der Waals surface area (Å²) in [4.78, 5) is 2.47. The molecule has 10 aromatic rings. The molecule has 0 heterocycles. The van der Waals surface area contributed by atoms with Crippen LogP contribution in [0.2, 0.25) is 0 Å². The van der Waals surface area contributed by atoms with Crippen LogP contribution < -0.4 is 4.90 Å². The van der Waals surface area contributed by atoms with Crippen LogP contribution >= 0.6 is 0 Å². The predicted octanol–water partition coefficient (Wildman–Crippen LogP) is 17.0. The van der Waals surface area contributed by atoms with E-state index in [1.807, 2.05) is 0 Å². The van der Waals surface area contributed by atoms with E-state index in [1.54, 1.807) is 0 Å². The van der Waals surface area contributed by atoms with Crippen LogP contribution in [0.4, 0.5) is 17.1 Å². The van der Waals surface area contributed by atoms with Crippen LogP contribution in [0.1, 0.15) is 25.0 Å². The Morgan fingerprint density at radius 1 is 0.306 bits per heavy atom. The largest absolute Gasteiger partial charge is 0.310 e. The maximum atomic E-state index is 2.47. The molecular weight excluding hydrogens is 747 g/mol. The molecule has 0 saturated carbocycles. The molecule has 0 atom stereocenters. The number of hydrogen-bond donors (Lipinski definition) is 0. The summed E-state index contributed by atoms with van der Waals surface area (Å²) in [5, 5.41) is 2.49. The van der Waals surface area contributed by atoms with Gasteiger partial charge >= 0.3 is 0 Å². The Labute approximate surface area is 364 Å². The molecule has 0 unspecified atom stereocenters. The van der Waals surface area contributed by atoms with Crippen LogP contribution in [0.5, 0.6) is 0 Å². The van der Waals surface area contributed by atoms with Crippen molar-refractivity contribution in [3.05, 3.63) is 248 Å². The third kappa shape index (κ3) is 6.42. The fraction of sp³-hybridized carbons (Fsp3) is 0.0492. The van der Waals surface area contributed by atoms with E-state index in [0.29, 0.717) is 0 Å². The molecule has 0 fully saturated rings. The molecule has 0 spiro atoms. The van der Waals surface area contributed by atoms with Crippen LogP contribution in [0.25, 0.3) is 77.5 Å². The lowest BCUT2D eigenvalue weighted by Crippen LogP contribution is -2.15. The summed E-state index contributed by atoms with van der Waals surface area (Å²) in [5.41, 5.74) is 20.5. The summed E-state index contributed by atoms with van der Waals surface area (Å²) in [6.07, 6.45) is 0. The second kappa shape index (κ2) is 15.4. The van der Waals surface area contributed by atoms with E-state index in [4.69, 9.17) is 0 Å². The average molecular weight is 792 g/mol.